The Morgan fingerprint density at radius 1 is 1.18 bits per heavy atom. The fourth-order valence-electron chi connectivity index (χ4n) is 1.27. The van der Waals surface area contributed by atoms with Gasteiger partial charge in [-0.2, -0.15) is 0 Å². The summed E-state index contributed by atoms with van der Waals surface area (Å²) in [6.07, 6.45) is -4.60. The first-order chi connectivity index (χ1) is 7.84. The number of aliphatic hydroxyl groups excluding tert-OH is 2. The number of halogens is 3. The summed E-state index contributed by atoms with van der Waals surface area (Å²) in [5.74, 6) is -6.29. The van der Waals surface area contributed by atoms with Crippen LogP contribution < -0.4 is 0 Å². The first kappa shape index (κ1) is 13.5. The highest BCUT2D eigenvalue weighted by atomic mass is 19.2. The number of carbonyl (C=O) groups is 1. The highest BCUT2D eigenvalue weighted by molar-refractivity contribution is 5.67. The molecule has 17 heavy (non-hydrogen) atoms. The Morgan fingerprint density at radius 2 is 1.76 bits per heavy atom. The van der Waals surface area contributed by atoms with Gasteiger partial charge in [-0.15, -0.1) is 0 Å². The van der Waals surface area contributed by atoms with E-state index in [1.807, 2.05) is 0 Å². The maximum Gasteiger partial charge on any atom is 0.306 e. The zero-order chi connectivity index (χ0) is 13.2. The maximum absolute atomic E-state index is 13.2. The molecule has 0 heterocycles. The Bertz CT molecular complexity index is 436. The van der Waals surface area contributed by atoms with E-state index >= 15 is 0 Å². The van der Waals surface area contributed by atoms with Crippen LogP contribution in [0.2, 0.25) is 0 Å². The Hall–Kier alpha value is -1.60. The van der Waals surface area contributed by atoms with Crippen molar-refractivity contribution >= 4 is 5.97 Å². The van der Waals surface area contributed by atoms with Gasteiger partial charge in [0.15, 0.2) is 17.5 Å². The van der Waals surface area contributed by atoms with Gasteiger partial charge in [0.25, 0.3) is 0 Å². The summed E-state index contributed by atoms with van der Waals surface area (Å²) in [6, 6.07) is 1.31. The summed E-state index contributed by atoms with van der Waals surface area (Å²) in [7, 11) is 0. The first-order valence-corrected chi connectivity index (χ1v) is 4.56. The van der Waals surface area contributed by atoms with Crippen molar-refractivity contribution in [1.82, 2.24) is 0 Å². The van der Waals surface area contributed by atoms with Crippen LogP contribution in [0.1, 0.15) is 18.1 Å². The molecular formula is C10H9F3O4. The Balaban J connectivity index is 3.00. The van der Waals surface area contributed by atoms with Gasteiger partial charge in [0.05, 0.1) is 12.5 Å². The van der Waals surface area contributed by atoms with Gasteiger partial charge in [-0.3, -0.25) is 4.79 Å². The minimum Gasteiger partial charge on any atom is -0.481 e. The molecule has 94 valence electrons. The monoisotopic (exact) mass is 250 g/mol. The van der Waals surface area contributed by atoms with Crippen LogP contribution in [0.15, 0.2) is 12.1 Å². The van der Waals surface area contributed by atoms with Gasteiger partial charge in [0, 0.05) is 5.56 Å². The lowest BCUT2D eigenvalue weighted by Gasteiger charge is -2.17. The largest absolute Gasteiger partial charge is 0.481 e. The van der Waals surface area contributed by atoms with E-state index in [4.69, 9.17) is 5.11 Å². The van der Waals surface area contributed by atoms with E-state index < -0.39 is 47.6 Å². The third-order valence-corrected chi connectivity index (χ3v) is 2.13. The molecule has 0 amide bonds. The summed E-state index contributed by atoms with van der Waals surface area (Å²) in [5, 5.41) is 27.0. The molecule has 0 radical (unpaired) electrons. The highest BCUT2D eigenvalue weighted by Crippen LogP contribution is 2.24. The lowest BCUT2D eigenvalue weighted by Crippen LogP contribution is -2.23. The molecule has 0 bridgehead atoms. The number of aliphatic hydroxyl groups is 2. The average molecular weight is 250 g/mol. The van der Waals surface area contributed by atoms with Gasteiger partial charge in [-0.05, 0) is 6.07 Å². The SMILES string of the molecule is O=C(O)CC(O)C(O)c1ccc(F)c(F)c1F. The lowest BCUT2D eigenvalue weighted by atomic mass is 10.0. The van der Waals surface area contributed by atoms with Crippen molar-refractivity contribution in [2.75, 3.05) is 0 Å². The normalized spacial score (nSPS) is 14.4. The molecule has 0 spiro atoms. The zero-order valence-electron chi connectivity index (χ0n) is 8.40. The van der Waals surface area contributed by atoms with Gasteiger partial charge < -0.3 is 15.3 Å². The van der Waals surface area contributed by atoms with Gasteiger partial charge >= 0.3 is 5.97 Å². The molecule has 4 nitrogen and oxygen atoms in total. The molecule has 0 fully saturated rings. The lowest BCUT2D eigenvalue weighted by molar-refractivity contribution is -0.141. The number of hydrogen-bond donors (Lipinski definition) is 3. The zero-order valence-corrected chi connectivity index (χ0v) is 8.40. The Kier molecular flexibility index (Phi) is 4.08. The van der Waals surface area contributed by atoms with Crippen LogP contribution in [0, 0.1) is 17.5 Å². The number of carboxylic acid groups (broad SMARTS) is 1. The molecule has 2 unspecified atom stereocenters. The van der Waals surface area contributed by atoms with Crippen molar-refractivity contribution in [1.29, 1.82) is 0 Å². The predicted molar refractivity (Wildman–Crippen MR) is 49.5 cm³/mol. The van der Waals surface area contributed by atoms with Crippen LogP contribution >= 0.6 is 0 Å². The third-order valence-electron chi connectivity index (χ3n) is 2.13. The smallest absolute Gasteiger partial charge is 0.306 e. The molecule has 0 aromatic heterocycles. The van der Waals surface area contributed by atoms with Gasteiger partial charge in [0.2, 0.25) is 0 Å². The maximum atomic E-state index is 13.2. The fourth-order valence-corrected chi connectivity index (χ4v) is 1.27. The number of benzene rings is 1. The summed E-state index contributed by atoms with van der Waals surface area (Å²) in [4.78, 5) is 10.3. The Morgan fingerprint density at radius 3 is 2.29 bits per heavy atom. The minimum absolute atomic E-state index is 0.574. The van der Waals surface area contributed by atoms with Crippen LogP contribution in [0.5, 0.6) is 0 Å². The van der Waals surface area contributed by atoms with Crippen LogP contribution in [0.4, 0.5) is 13.2 Å². The molecule has 0 aliphatic rings. The van der Waals surface area contributed by atoms with Crippen molar-refractivity contribution < 1.29 is 33.3 Å². The molecule has 2 atom stereocenters. The highest BCUT2D eigenvalue weighted by Gasteiger charge is 2.26. The molecule has 0 saturated heterocycles. The molecule has 0 saturated carbocycles. The van der Waals surface area contributed by atoms with Crippen LogP contribution in [0.25, 0.3) is 0 Å². The van der Waals surface area contributed by atoms with Gasteiger partial charge in [0.1, 0.15) is 6.10 Å². The second-order valence-electron chi connectivity index (χ2n) is 3.37. The van der Waals surface area contributed by atoms with E-state index in [1.165, 1.54) is 0 Å². The van der Waals surface area contributed by atoms with Crippen LogP contribution in [0.3, 0.4) is 0 Å². The molecule has 0 aliphatic heterocycles. The van der Waals surface area contributed by atoms with Gasteiger partial charge in [-0.25, -0.2) is 13.2 Å². The van der Waals surface area contributed by atoms with Crippen molar-refractivity contribution in [2.24, 2.45) is 0 Å². The van der Waals surface area contributed by atoms with E-state index in [9.17, 15) is 28.2 Å². The standard InChI is InChI=1S/C10H9F3O4/c11-5-2-1-4(8(12)9(5)13)10(17)6(14)3-7(15)16/h1-2,6,10,14,17H,3H2,(H,15,16). The number of aliphatic carboxylic acids is 1. The van der Waals surface area contributed by atoms with E-state index in [1.54, 1.807) is 0 Å². The number of carboxylic acids is 1. The summed E-state index contributed by atoms with van der Waals surface area (Å²) >= 11 is 0. The van der Waals surface area contributed by atoms with Crippen molar-refractivity contribution in [3.05, 3.63) is 35.1 Å². The summed E-state index contributed by atoms with van der Waals surface area (Å²) < 4.78 is 38.6. The molecule has 3 N–H and O–H groups in total. The Labute approximate surface area is 93.9 Å². The summed E-state index contributed by atoms with van der Waals surface area (Å²) in [6.45, 7) is 0. The van der Waals surface area contributed by atoms with Crippen molar-refractivity contribution in [3.63, 3.8) is 0 Å². The molecule has 7 heteroatoms. The molecule has 1 aromatic carbocycles. The quantitative estimate of drug-likeness (QED) is 0.696. The number of rotatable bonds is 4. The van der Waals surface area contributed by atoms with E-state index in [0.29, 0.717) is 6.07 Å². The second-order valence-corrected chi connectivity index (χ2v) is 3.37. The van der Waals surface area contributed by atoms with E-state index in [0.717, 1.165) is 6.07 Å². The second kappa shape index (κ2) is 5.15. The first-order valence-electron chi connectivity index (χ1n) is 4.56. The predicted octanol–water partition coefficient (Wildman–Crippen LogP) is 0.973. The van der Waals surface area contributed by atoms with Crippen molar-refractivity contribution in [3.8, 4) is 0 Å². The molecule has 1 aromatic rings. The third kappa shape index (κ3) is 2.95. The van der Waals surface area contributed by atoms with E-state index in [2.05, 4.69) is 0 Å². The van der Waals surface area contributed by atoms with Crippen molar-refractivity contribution in [2.45, 2.75) is 18.6 Å². The molecule has 0 aliphatic carbocycles. The summed E-state index contributed by atoms with van der Waals surface area (Å²) in [5.41, 5.74) is -0.697. The van der Waals surface area contributed by atoms with Crippen LogP contribution in [-0.2, 0) is 4.79 Å². The number of hydrogen-bond acceptors (Lipinski definition) is 3. The fraction of sp³-hybridized carbons (Fsp3) is 0.300. The minimum atomic E-state index is -1.94. The topological polar surface area (TPSA) is 77.8 Å². The molecular weight excluding hydrogens is 241 g/mol. The van der Waals surface area contributed by atoms with Gasteiger partial charge in [-0.1, -0.05) is 6.07 Å². The van der Waals surface area contributed by atoms with Crippen LogP contribution in [-0.4, -0.2) is 27.4 Å². The average Bonchev–Trinajstić information content (AvgIpc) is 2.24. The molecule has 1 rings (SSSR count). The van der Waals surface area contributed by atoms with E-state index in [-0.39, 0.29) is 0 Å².